The number of aliphatic hydroxyl groups excluding tert-OH is 1. The molecule has 532 valence electrons. The van der Waals surface area contributed by atoms with Gasteiger partial charge in [0.1, 0.15) is 17.6 Å². The Hall–Kier alpha value is -6.66. The molecule has 0 unspecified atom stereocenters. The number of para-hydroxylation sites is 1. The molecule has 32 heteroatoms. The van der Waals surface area contributed by atoms with E-state index < -0.39 is 30.5 Å². The van der Waals surface area contributed by atoms with Crippen LogP contribution in [0.3, 0.4) is 0 Å². The van der Waals surface area contributed by atoms with Crippen molar-refractivity contribution in [3.05, 3.63) is 48.6 Å². The second-order valence-corrected chi connectivity index (χ2v) is 19.4. The number of nitrogens with zero attached hydrogens (tertiary/aromatic N) is 5. The van der Waals surface area contributed by atoms with Gasteiger partial charge in [0.05, 0.1) is 99.1 Å². The van der Waals surface area contributed by atoms with Crippen molar-refractivity contribution in [2.24, 2.45) is 17.2 Å². The molecule has 0 radical (unpaired) electrons. The van der Waals surface area contributed by atoms with Gasteiger partial charge in [-0.3, -0.25) is 33.7 Å². The van der Waals surface area contributed by atoms with Crippen molar-refractivity contribution in [3.8, 4) is 0 Å². The van der Waals surface area contributed by atoms with E-state index in [0.717, 1.165) is 81.2 Å². The maximum absolute atomic E-state index is 11.3. The summed E-state index contributed by atoms with van der Waals surface area (Å²) < 4.78 is 62.8. The Balaban J connectivity index is 0.00000117. The number of fused-ring (bicyclic) bond motifs is 1. The van der Waals surface area contributed by atoms with Crippen molar-refractivity contribution in [2.45, 2.75) is 97.8 Å². The standard InChI is InChI=1S/C19H32N2O7.C15H32N2O5.C11H13N3O3.C10H24N2O3.C6H5NO4/c1-2-3-12-28-19(24)20-8-4-10-25-13-15-27-16-14-26-11-5-9-21-17(22)6-7-18(21)23;1-2-3-10-22-15(18)17-7-5-9-20-12-14-21-13-11-19-8-4-6-16;1-2-3-8-16-11(15)17-14-10-7-5-4-6-9(10)12-13-14;11-3-1-5-13-7-9-15-10-8-14-6-2-4-12;8-3-6(11)7-4(9)1-2-5(7)10/h6-7H,2-5,8-16H2,1H3,(H,20,24);2-14,16H2,1H3,(H,17,18);4-7H,2-3,8H2,1H3;1-12H2;1-2,8H,3H2. The number of hydrogen-bond acceptors (Lipinski definition) is 27. The van der Waals surface area contributed by atoms with Crippen molar-refractivity contribution in [2.75, 3.05) is 185 Å². The molecule has 3 heterocycles. The number of nitrogens with two attached hydrogens (primary N) is 3. The monoisotopic (exact) mass is 1330 g/mol. The number of carbonyl (C=O) groups excluding carboxylic acids is 8. The van der Waals surface area contributed by atoms with Crippen LogP contribution in [0.4, 0.5) is 14.4 Å². The van der Waals surface area contributed by atoms with Gasteiger partial charge in [-0.2, -0.15) is 0 Å². The molecule has 0 spiro atoms. The molecule has 93 heavy (non-hydrogen) atoms. The second-order valence-electron chi connectivity index (χ2n) is 19.4. The van der Waals surface area contributed by atoms with Gasteiger partial charge in [0.25, 0.3) is 29.5 Å². The van der Waals surface area contributed by atoms with Gasteiger partial charge < -0.3 is 89.8 Å². The van der Waals surface area contributed by atoms with Crippen LogP contribution in [0, 0.1) is 0 Å². The average Bonchev–Trinajstić information content (AvgIpc) is 1.77. The molecule has 7 amide bonds. The van der Waals surface area contributed by atoms with E-state index in [1.807, 2.05) is 26.0 Å². The highest BCUT2D eigenvalue weighted by atomic mass is 16.8. The number of amides is 7. The zero-order valence-electron chi connectivity index (χ0n) is 54.9. The number of unbranched alkanes of at least 4 members (excludes halogenated alkanes) is 3. The van der Waals surface area contributed by atoms with Gasteiger partial charge in [-0.1, -0.05) is 57.0 Å². The highest BCUT2D eigenvalue weighted by Crippen LogP contribution is 2.09. The Kier molecular flexibility index (Phi) is 59.5. The fourth-order valence-electron chi connectivity index (χ4n) is 6.64. The number of nitrogens with one attached hydrogen (secondary N) is 2. The zero-order chi connectivity index (χ0) is 68.5. The first-order valence-corrected chi connectivity index (χ1v) is 31.8. The van der Waals surface area contributed by atoms with Gasteiger partial charge in [0.15, 0.2) is 0 Å². The lowest BCUT2D eigenvalue weighted by molar-refractivity contribution is -0.150. The molecule has 0 saturated carbocycles. The van der Waals surface area contributed by atoms with Crippen molar-refractivity contribution in [3.63, 3.8) is 0 Å². The lowest BCUT2D eigenvalue weighted by atomic mass is 10.3. The highest BCUT2D eigenvalue weighted by Gasteiger charge is 2.29. The van der Waals surface area contributed by atoms with Crippen molar-refractivity contribution in [1.29, 1.82) is 0 Å². The molecule has 1 aromatic heterocycles. The van der Waals surface area contributed by atoms with Crippen molar-refractivity contribution < 1.29 is 105 Å². The van der Waals surface area contributed by atoms with E-state index >= 15 is 0 Å². The lowest BCUT2D eigenvalue weighted by Gasteiger charge is -2.13. The molecule has 0 saturated heterocycles. The zero-order valence-corrected chi connectivity index (χ0v) is 54.9. The van der Waals surface area contributed by atoms with Crippen LogP contribution in [0.1, 0.15) is 97.8 Å². The molecular weight excluding hydrogens is 1220 g/mol. The first-order chi connectivity index (χ1) is 45.3. The average molecular weight is 1330 g/mol. The van der Waals surface area contributed by atoms with E-state index in [4.69, 9.17) is 84.0 Å². The van der Waals surface area contributed by atoms with Crippen LogP contribution in [-0.4, -0.2) is 263 Å². The van der Waals surface area contributed by atoms with Crippen LogP contribution in [0.5, 0.6) is 0 Å². The Morgan fingerprint density at radius 1 is 0.452 bits per heavy atom. The minimum atomic E-state index is -0.898. The number of aromatic nitrogens is 3. The van der Waals surface area contributed by atoms with E-state index in [2.05, 4.69) is 27.9 Å². The Bertz CT molecular complexity index is 2250. The third-order valence-corrected chi connectivity index (χ3v) is 11.6. The van der Waals surface area contributed by atoms with E-state index in [9.17, 15) is 38.4 Å². The second kappa shape index (κ2) is 64.1. The molecule has 1 aromatic carbocycles. The van der Waals surface area contributed by atoms with Crippen LogP contribution in [-0.2, 0) is 80.8 Å². The number of benzene rings is 1. The van der Waals surface area contributed by atoms with Gasteiger partial charge in [-0.25, -0.2) is 19.3 Å². The number of carbonyl (C=O) groups is 8. The van der Waals surface area contributed by atoms with E-state index in [-0.39, 0.29) is 24.0 Å². The molecule has 0 bridgehead atoms. The van der Waals surface area contributed by atoms with Gasteiger partial charge in [0, 0.05) is 83.6 Å². The topological polar surface area (TPSA) is 416 Å². The first-order valence-electron chi connectivity index (χ1n) is 31.8. The van der Waals surface area contributed by atoms with Crippen LogP contribution in [0.25, 0.3) is 11.0 Å². The van der Waals surface area contributed by atoms with Gasteiger partial charge in [-0.15, -0.1) is 5.10 Å². The predicted molar refractivity (Wildman–Crippen MR) is 340 cm³/mol. The summed E-state index contributed by atoms with van der Waals surface area (Å²) in [7, 11) is 0. The minimum absolute atomic E-state index is 0.268. The number of ether oxygens (including phenoxy) is 12. The molecular formula is C61H106N10O22. The Morgan fingerprint density at radius 2 is 0.806 bits per heavy atom. The van der Waals surface area contributed by atoms with E-state index in [0.29, 0.717) is 207 Å². The molecule has 4 rings (SSSR count). The fourth-order valence-corrected chi connectivity index (χ4v) is 6.64. The molecule has 0 atom stereocenters. The number of hydrogen-bond donors (Lipinski definition) is 6. The largest absolute Gasteiger partial charge is 0.535 e. The number of alkyl carbamates (subject to hydrolysis) is 2. The molecule has 2 aromatic rings. The lowest BCUT2D eigenvalue weighted by Crippen LogP contribution is -2.38. The van der Waals surface area contributed by atoms with Crippen LogP contribution >= 0.6 is 0 Å². The Labute approximate surface area is 546 Å². The summed E-state index contributed by atoms with van der Waals surface area (Å²) in [5.74, 6) is -2.83. The summed E-state index contributed by atoms with van der Waals surface area (Å²) in [6, 6.07) is 7.19. The number of imide groups is 4. The molecule has 9 N–H and O–H groups in total. The normalized spacial score (nSPS) is 12.1. The van der Waals surface area contributed by atoms with Gasteiger partial charge in [-0.05, 0) is 94.8 Å². The SMILES string of the molecule is CCCCOC(=O)NCCCOCCOCCOCCCN.CCCCOC(=O)NCCCOCCOCCOCCCN1C(=O)C=CC1=O.CCCCOC(=O)On1nnc2ccccc21.NCCCOCCOCCOCCCN.O=C1C=CC(=O)N1C(=O)CO. The van der Waals surface area contributed by atoms with Crippen molar-refractivity contribution in [1.82, 2.24) is 35.6 Å². The maximum Gasteiger partial charge on any atom is 0.535 e. The molecule has 0 fully saturated rings. The van der Waals surface area contributed by atoms with Crippen LogP contribution in [0.15, 0.2) is 48.6 Å². The van der Waals surface area contributed by atoms with Crippen molar-refractivity contribution >= 4 is 58.9 Å². The summed E-state index contributed by atoms with van der Waals surface area (Å²) in [5, 5.41) is 21.2. The smallest absolute Gasteiger partial charge is 0.450 e. The molecule has 0 aliphatic carbocycles. The quantitative estimate of drug-likeness (QED) is 0.0182. The Morgan fingerprint density at radius 3 is 1.19 bits per heavy atom. The van der Waals surface area contributed by atoms with E-state index in [1.165, 1.54) is 17.1 Å². The summed E-state index contributed by atoms with van der Waals surface area (Å²) >= 11 is 0. The summed E-state index contributed by atoms with van der Waals surface area (Å²) in [6.45, 7) is 20.3. The fraction of sp³-hybridized carbons (Fsp3) is 0.705. The third kappa shape index (κ3) is 50.5. The van der Waals surface area contributed by atoms with Crippen LogP contribution < -0.4 is 32.7 Å². The summed E-state index contributed by atoms with van der Waals surface area (Å²) in [6.07, 6.45) is 13.3. The predicted octanol–water partition coefficient (Wildman–Crippen LogP) is 2.53. The number of rotatable bonds is 50. The van der Waals surface area contributed by atoms with Crippen LogP contribution in [0.2, 0.25) is 0 Å². The van der Waals surface area contributed by atoms with Gasteiger partial charge in [0.2, 0.25) is 0 Å². The first kappa shape index (κ1) is 86.3. The summed E-state index contributed by atoms with van der Waals surface area (Å²) in [5.41, 5.74) is 17.3. The molecule has 32 nitrogen and oxygen atoms in total. The number of aliphatic hydroxyl groups is 1. The minimum Gasteiger partial charge on any atom is -0.450 e. The highest BCUT2D eigenvalue weighted by molar-refractivity contribution is 6.22. The van der Waals surface area contributed by atoms with Gasteiger partial charge >= 0.3 is 18.3 Å². The maximum atomic E-state index is 11.3. The summed E-state index contributed by atoms with van der Waals surface area (Å²) in [4.78, 5) is 96.0. The molecule has 2 aliphatic rings. The third-order valence-electron chi connectivity index (χ3n) is 11.6. The van der Waals surface area contributed by atoms with E-state index in [1.54, 1.807) is 12.1 Å². The molecule has 2 aliphatic heterocycles.